The quantitative estimate of drug-likeness (QED) is 0.779. The number of thiazole rings is 1. The third-order valence-corrected chi connectivity index (χ3v) is 6.10. The van der Waals surface area contributed by atoms with E-state index >= 15 is 0 Å². The molecule has 0 saturated carbocycles. The van der Waals surface area contributed by atoms with Crippen LogP contribution < -0.4 is 5.32 Å². The summed E-state index contributed by atoms with van der Waals surface area (Å²) in [6.07, 6.45) is 2.56. The Labute approximate surface area is 167 Å². The first-order valence-electron chi connectivity index (χ1n) is 7.31. The van der Waals surface area contributed by atoms with Gasteiger partial charge in [0.05, 0.1) is 21.3 Å². The topological polar surface area (TPSA) is 45.2 Å². The fourth-order valence-electron chi connectivity index (χ4n) is 2.80. The maximum absolute atomic E-state index is 12.5. The molecule has 3 rings (SSSR count). The second kappa shape index (κ2) is 9.94. The lowest BCUT2D eigenvalue weighted by Gasteiger charge is -2.24. The highest BCUT2D eigenvalue weighted by Crippen LogP contribution is 2.33. The largest absolute Gasteiger partial charge is 0.338 e. The van der Waals surface area contributed by atoms with Gasteiger partial charge in [-0.3, -0.25) is 4.79 Å². The fourth-order valence-corrected chi connectivity index (χ4v) is 4.73. The molecule has 1 aliphatic rings. The molecule has 1 saturated heterocycles. The van der Waals surface area contributed by atoms with Crippen LogP contribution in [0.1, 0.15) is 18.5 Å². The van der Waals surface area contributed by atoms with Gasteiger partial charge >= 0.3 is 0 Å². The molecule has 9 heteroatoms. The Morgan fingerprint density at radius 1 is 1.46 bits per heavy atom. The number of hydrogen-bond donors (Lipinski definition) is 1. The molecule has 1 aliphatic heterocycles. The first kappa shape index (κ1) is 21.7. The molecule has 1 unspecified atom stereocenters. The molecule has 3 heterocycles. The Hall–Kier alpha value is -0.370. The average molecular weight is 429 g/mol. The number of aromatic nitrogens is 1. The lowest BCUT2D eigenvalue weighted by atomic mass is 10.2. The van der Waals surface area contributed by atoms with Gasteiger partial charge in [0.1, 0.15) is 5.01 Å². The van der Waals surface area contributed by atoms with Crippen molar-refractivity contribution in [2.75, 3.05) is 20.1 Å². The van der Waals surface area contributed by atoms with E-state index in [1.54, 1.807) is 11.3 Å². The monoisotopic (exact) mass is 427 g/mol. The molecular formula is C15H20Cl3N3OS2. The minimum atomic E-state index is 0. The molecular weight excluding hydrogens is 409 g/mol. The zero-order valence-corrected chi connectivity index (χ0v) is 17.2. The van der Waals surface area contributed by atoms with Crippen LogP contribution in [0.2, 0.25) is 4.34 Å². The maximum atomic E-state index is 12.5. The molecule has 2 aromatic rings. The van der Waals surface area contributed by atoms with E-state index < -0.39 is 0 Å². The number of nitrogens with zero attached hydrogens (tertiary/aromatic N) is 2. The van der Waals surface area contributed by atoms with Crippen LogP contribution in [0.15, 0.2) is 17.5 Å². The number of rotatable bonds is 5. The summed E-state index contributed by atoms with van der Waals surface area (Å²) in [7, 11) is 1.93. The van der Waals surface area contributed by atoms with Gasteiger partial charge in [0.25, 0.3) is 0 Å². The van der Waals surface area contributed by atoms with Crippen LogP contribution in [0.25, 0.3) is 9.88 Å². The van der Waals surface area contributed by atoms with Crippen LogP contribution in [0.4, 0.5) is 0 Å². The van der Waals surface area contributed by atoms with Crippen LogP contribution in [-0.4, -0.2) is 42.0 Å². The third-order valence-electron chi connectivity index (χ3n) is 3.81. The minimum absolute atomic E-state index is 0. The van der Waals surface area contributed by atoms with Crippen molar-refractivity contribution < 1.29 is 4.79 Å². The molecule has 1 fully saturated rings. The van der Waals surface area contributed by atoms with Gasteiger partial charge in [-0.25, -0.2) is 4.98 Å². The van der Waals surface area contributed by atoms with E-state index in [0.717, 1.165) is 45.8 Å². The SMILES string of the molecule is CNCC1CCCN1C(=O)Cc1csc(-c2ccc(Cl)s2)n1.Cl.Cl. The first-order valence-corrected chi connectivity index (χ1v) is 9.39. The molecule has 1 amide bonds. The van der Waals surface area contributed by atoms with Crippen LogP contribution >= 0.6 is 59.1 Å². The zero-order valence-electron chi connectivity index (χ0n) is 13.2. The van der Waals surface area contributed by atoms with Crippen molar-refractivity contribution in [2.45, 2.75) is 25.3 Å². The summed E-state index contributed by atoms with van der Waals surface area (Å²) in [5, 5.41) is 6.08. The number of nitrogens with one attached hydrogen (secondary N) is 1. The van der Waals surface area contributed by atoms with Crippen molar-refractivity contribution in [1.29, 1.82) is 0 Å². The summed E-state index contributed by atoms with van der Waals surface area (Å²) in [5.74, 6) is 0.179. The standard InChI is InChI=1S/C15H18ClN3OS2.2ClH/c1-17-8-11-3-2-6-19(11)14(20)7-10-9-21-15(18-10)12-4-5-13(16)22-12;;/h4-5,9,11,17H,2-3,6-8H2,1H3;2*1H. The highest BCUT2D eigenvalue weighted by atomic mass is 35.5. The van der Waals surface area contributed by atoms with Crippen LogP contribution in [-0.2, 0) is 11.2 Å². The molecule has 24 heavy (non-hydrogen) atoms. The Bertz CT molecular complexity index is 662. The van der Waals surface area contributed by atoms with E-state index in [2.05, 4.69) is 10.3 Å². The normalized spacial score (nSPS) is 16.6. The van der Waals surface area contributed by atoms with Crippen molar-refractivity contribution in [2.24, 2.45) is 0 Å². The van der Waals surface area contributed by atoms with E-state index in [1.807, 2.05) is 29.5 Å². The van der Waals surface area contributed by atoms with Crippen molar-refractivity contribution in [3.63, 3.8) is 0 Å². The number of likely N-dealkylation sites (N-methyl/N-ethyl adjacent to an activating group) is 1. The summed E-state index contributed by atoms with van der Waals surface area (Å²) < 4.78 is 0.759. The summed E-state index contributed by atoms with van der Waals surface area (Å²) in [5.41, 5.74) is 0.852. The number of carbonyl (C=O) groups is 1. The molecule has 0 aromatic carbocycles. The molecule has 0 spiro atoms. The van der Waals surface area contributed by atoms with Gasteiger partial charge < -0.3 is 10.2 Å². The van der Waals surface area contributed by atoms with E-state index in [4.69, 9.17) is 11.6 Å². The lowest BCUT2D eigenvalue weighted by molar-refractivity contribution is -0.131. The maximum Gasteiger partial charge on any atom is 0.228 e. The number of likely N-dealkylation sites (tertiary alicyclic amines) is 1. The predicted molar refractivity (Wildman–Crippen MR) is 107 cm³/mol. The number of halogens is 3. The molecule has 134 valence electrons. The van der Waals surface area contributed by atoms with Crippen molar-refractivity contribution in [3.05, 3.63) is 27.5 Å². The third kappa shape index (κ3) is 5.07. The molecule has 0 bridgehead atoms. The van der Waals surface area contributed by atoms with E-state index in [0.29, 0.717) is 12.5 Å². The van der Waals surface area contributed by atoms with Crippen molar-refractivity contribution in [3.8, 4) is 9.88 Å². The van der Waals surface area contributed by atoms with Gasteiger partial charge in [-0.05, 0) is 32.0 Å². The summed E-state index contributed by atoms with van der Waals surface area (Å²) in [6, 6.07) is 4.17. The average Bonchev–Trinajstić information content (AvgIpc) is 3.19. The molecule has 2 aromatic heterocycles. The van der Waals surface area contributed by atoms with E-state index in [9.17, 15) is 4.79 Å². The Morgan fingerprint density at radius 2 is 2.25 bits per heavy atom. The Kier molecular flexibility index (Phi) is 8.98. The van der Waals surface area contributed by atoms with Crippen LogP contribution in [0.3, 0.4) is 0 Å². The molecule has 1 atom stereocenters. The Balaban J connectivity index is 0.00000144. The van der Waals surface area contributed by atoms with Crippen molar-refractivity contribution in [1.82, 2.24) is 15.2 Å². The highest BCUT2D eigenvalue weighted by molar-refractivity contribution is 7.23. The van der Waals surface area contributed by atoms with Gasteiger partial charge in [0.2, 0.25) is 5.91 Å². The molecule has 1 N–H and O–H groups in total. The smallest absolute Gasteiger partial charge is 0.228 e. The number of thiophene rings is 1. The summed E-state index contributed by atoms with van der Waals surface area (Å²) >= 11 is 9.05. The van der Waals surface area contributed by atoms with Crippen LogP contribution in [0.5, 0.6) is 0 Å². The summed E-state index contributed by atoms with van der Waals surface area (Å²) in [4.78, 5) is 20.1. The lowest BCUT2D eigenvalue weighted by Crippen LogP contribution is -2.41. The number of carbonyl (C=O) groups excluding carboxylic acids is 1. The van der Waals surface area contributed by atoms with E-state index in [-0.39, 0.29) is 30.7 Å². The molecule has 4 nitrogen and oxygen atoms in total. The van der Waals surface area contributed by atoms with Crippen molar-refractivity contribution >= 4 is 65.0 Å². The van der Waals surface area contributed by atoms with Gasteiger partial charge in [-0.1, -0.05) is 11.6 Å². The fraction of sp³-hybridized carbons (Fsp3) is 0.467. The van der Waals surface area contributed by atoms with Gasteiger partial charge in [-0.2, -0.15) is 0 Å². The first-order chi connectivity index (χ1) is 10.7. The van der Waals surface area contributed by atoms with Gasteiger partial charge in [0.15, 0.2) is 0 Å². The number of hydrogen-bond acceptors (Lipinski definition) is 5. The molecule has 0 aliphatic carbocycles. The molecule has 0 radical (unpaired) electrons. The Morgan fingerprint density at radius 3 is 2.92 bits per heavy atom. The van der Waals surface area contributed by atoms with E-state index in [1.165, 1.54) is 11.3 Å². The zero-order chi connectivity index (χ0) is 15.5. The van der Waals surface area contributed by atoms with Gasteiger partial charge in [-0.15, -0.1) is 47.5 Å². The highest BCUT2D eigenvalue weighted by Gasteiger charge is 2.28. The number of amides is 1. The minimum Gasteiger partial charge on any atom is -0.338 e. The summed E-state index contributed by atoms with van der Waals surface area (Å²) in [6.45, 7) is 1.73. The predicted octanol–water partition coefficient (Wildman–Crippen LogP) is 4.12. The second-order valence-electron chi connectivity index (χ2n) is 5.37. The van der Waals surface area contributed by atoms with Gasteiger partial charge in [0, 0.05) is 24.5 Å². The second-order valence-corrected chi connectivity index (χ2v) is 7.94. The van der Waals surface area contributed by atoms with Crippen LogP contribution in [0, 0.1) is 0 Å².